The molecule has 0 saturated heterocycles. The number of sulfone groups is 1. The standard InChI is InChI=1S/C15H14N2O2S/c1-11-4-2-7-14(15(11)17)20(18,19)10-13-6-3-5-12(8-13)9-16/h2-8H,10,17H2,1H3. The van der Waals surface area contributed by atoms with Crippen LogP contribution in [-0.2, 0) is 15.6 Å². The molecule has 0 aliphatic carbocycles. The lowest BCUT2D eigenvalue weighted by Gasteiger charge is -2.09. The fraction of sp³-hybridized carbons (Fsp3) is 0.133. The second-order valence-electron chi connectivity index (χ2n) is 4.56. The summed E-state index contributed by atoms with van der Waals surface area (Å²) in [6, 6.07) is 13.5. The Morgan fingerprint density at radius 3 is 2.60 bits per heavy atom. The minimum absolute atomic E-state index is 0.139. The molecule has 102 valence electrons. The highest BCUT2D eigenvalue weighted by Crippen LogP contribution is 2.25. The molecule has 0 fully saturated rings. The van der Waals surface area contributed by atoms with Crippen molar-refractivity contribution in [2.24, 2.45) is 0 Å². The SMILES string of the molecule is Cc1cccc(S(=O)(=O)Cc2cccc(C#N)c2)c1N. The van der Waals surface area contributed by atoms with Gasteiger partial charge in [0.15, 0.2) is 9.84 Å². The predicted octanol–water partition coefficient (Wildman–Crippen LogP) is 2.42. The van der Waals surface area contributed by atoms with Crippen LogP contribution in [0.4, 0.5) is 5.69 Å². The number of para-hydroxylation sites is 1. The molecule has 0 bridgehead atoms. The third-order valence-electron chi connectivity index (χ3n) is 3.03. The summed E-state index contributed by atoms with van der Waals surface area (Å²) >= 11 is 0. The largest absolute Gasteiger partial charge is 0.397 e. The van der Waals surface area contributed by atoms with Crippen LogP contribution in [0.25, 0.3) is 0 Å². The average molecular weight is 286 g/mol. The van der Waals surface area contributed by atoms with Gasteiger partial charge in [0.2, 0.25) is 0 Å². The van der Waals surface area contributed by atoms with Crippen LogP contribution in [0.5, 0.6) is 0 Å². The van der Waals surface area contributed by atoms with E-state index < -0.39 is 9.84 Å². The Kier molecular flexibility index (Phi) is 3.77. The Morgan fingerprint density at radius 2 is 1.90 bits per heavy atom. The van der Waals surface area contributed by atoms with Crippen LogP contribution in [0.1, 0.15) is 16.7 Å². The molecule has 0 aromatic heterocycles. The van der Waals surface area contributed by atoms with E-state index in [1.54, 1.807) is 43.3 Å². The fourth-order valence-corrected chi connectivity index (χ4v) is 3.51. The van der Waals surface area contributed by atoms with Gasteiger partial charge in [-0.1, -0.05) is 24.3 Å². The number of benzene rings is 2. The first kappa shape index (κ1) is 14.1. The number of nitrogen functional groups attached to an aromatic ring is 1. The third kappa shape index (κ3) is 2.81. The highest BCUT2D eigenvalue weighted by Gasteiger charge is 2.19. The van der Waals surface area contributed by atoms with Crippen LogP contribution in [0.15, 0.2) is 47.4 Å². The number of nitriles is 1. The van der Waals surface area contributed by atoms with Gasteiger partial charge in [-0.3, -0.25) is 0 Å². The summed E-state index contributed by atoms with van der Waals surface area (Å²) in [4.78, 5) is 0.139. The zero-order valence-corrected chi connectivity index (χ0v) is 11.8. The second kappa shape index (κ2) is 5.35. The number of nitrogens with zero attached hydrogens (tertiary/aromatic N) is 1. The van der Waals surface area contributed by atoms with Gasteiger partial charge >= 0.3 is 0 Å². The third-order valence-corrected chi connectivity index (χ3v) is 4.77. The Bertz CT molecular complexity index is 790. The summed E-state index contributed by atoms with van der Waals surface area (Å²) in [5, 5.41) is 8.84. The van der Waals surface area contributed by atoms with Gasteiger partial charge in [0.05, 0.1) is 28.0 Å². The van der Waals surface area contributed by atoms with Gasteiger partial charge in [-0.05, 0) is 36.2 Å². The van der Waals surface area contributed by atoms with Crippen LogP contribution in [0, 0.1) is 18.3 Å². The van der Waals surface area contributed by atoms with E-state index in [1.165, 1.54) is 6.07 Å². The van der Waals surface area contributed by atoms with Gasteiger partial charge in [-0.2, -0.15) is 5.26 Å². The Labute approximate surface area is 118 Å². The lowest BCUT2D eigenvalue weighted by molar-refractivity contribution is 0.595. The number of nitrogens with two attached hydrogens (primary N) is 1. The highest BCUT2D eigenvalue weighted by atomic mass is 32.2. The van der Waals surface area contributed by atoms with Crippen LogP contribution in [-0.4, -0.2) is 8.42 Å². The zero-order chi connectivity index (χ0) is 14.8. The van der Waals surface area contributed by atoms with Gasteiger partial charge in [-0.25, -0.2) is 8.42 Å². The van der Waals surface area contributed by atoms with E-state index in [0.717, 1.165) is 5.56 Å². The van der Waals surface area contributed by atoms with Crippen molar-refractivity contribution in [3.63, 3.8) is 0 Å². The first-order valence-corrected chi connectivity index (χ1v) is 7.66. The summed E-state index contributed by atoms with van der Waals surface area (Å²) < 4.78 is 24.8. The van der Waals surface area contributed by atoms with E-state index in [4.69, 9.17) is 11.0 Å². The molecule has 0 spiro atoms. The van der Waals surface area contributed by atoms with E-state index in [2.05, 4.69) is 0 Å². The van der Waals surface area contributed by atoms with Crippen molar-refractivity contribution in [1.29, 1.82) is 5.26 Å². The predicted molar refractivity (Wildman–Crippen MR) is 77.6 cm³/mol. The van der Waals surface area contributed by atoms with Crippen LogP contribution < -0.4 is 5.73 Å². The zero-order valence-electron chi connectivity index (χ0n) is 11.0. The van der Waals surface area contributed by atoms with Gasteiger partial charge in [-0.15, -0.1) is 0 Å². The Hall–Kier alpha value is -2.32. The monoisotopic (exact) mass is 286 g/mol. The molecule has 20 heavy (non-hydrogen) atoms. The number of anilines is 1. The number of hydrogen-bond acceptors (Lipinski definition) is 4. The molecule has 2 rings (SSSR count). The maximum absolute atomic E-state index is 12.4. The molecule has 0 atom stereocenters. The molecule has 0 unspecified atom stereocenters. The number of rotatable bonds is 3. The molecular weight excluding hydrogens is 272 g/mol. The molecule has 0 amide bonds. The minimum atomic E-state index is -3.53. The number of aryl methyl sites for hydroxylation is 1. The van der Waals surface area contributed by atoms with Crippen molar-refractivity contribution in [3.8, 4) is 6.07 Å². The lowest BCUT2D eigenvalue weighted by Crippen LogP contribution is -2.09. The first-order valence-electron chi connectivity index (χ1n) is 6.01. The molecule has 0 heterocycles. The molecular formula is C15H14N2O2S. The topological polar surface area (TPSA) is 84.0 Å². The summed E-state index contributed by atoms with van der Waals surface area (Å²) in [7, 11) is -3.53. The molecule has 2 N–H and O–H groups in total. The molecule has 5 heteroatoms. The summed E-state index contributed by atoms with van der Waals surface area (Å²) in [5.74, 6) is -0.170. The maximum Gasteiger partial charge on any atom is 0.184 e. The van der Waals surface area contributed by atoms with Crippen molar-refractivity contribution in [1.82, 2.24) is 0 Å². The van der Waals surface area contributed by atoms with Gasteiger partial charge in [0.1, 0.15) is 0 Å². The van der Waals surface area contributed by atoms with Crippen molar-refractivity contribution in [2.75, 3.05) is 5.73 Å². The van der Waals surface area contributed by atoms with E-state index in [0.29, 0.717) is 11.1 Å². The molecule has 0 saturated carbocycles. The summed E-state index contributed by atoms with van der Waals surface area (Å²) in [6.45, 7) is 1.77. The summed E-state index contributed by atoms with van der Waals surface area (Å²) in [6.07, 6.45) is 0. The lowest BCUT2D eigenvalue weighted by atomic mass is 10.2. The van der Waals surface area contributed by atoms with E-state index in [-0.39, 0.29) is 16.3 Å². The average Bonchev–Trinajstić information content (AvgIpc) is 2.41. The molecule has 4 nitrogen and oxygen atoms in total. The van der Waals surface area contributed by atoms with Crippen LogP contribution in [0.3, 0.4) is 0 Å². The molecule has 0 aliphatic rings. The molecule has 2 aromatic rings. The Morgan fingerprint density at radius 1 is 1.20 bits per heavy atom. The molecule has 0 radical (unpaired) electrons. The van der Waals surface area contributed by atoms with Crippen LogP contribution in [0.2, 0.25) is 0 Å². The number of hydrogen-bond donors (Lipinski definition) is 1. The van der Waals surface area contributed by atoms with Gasteiger partial charge < -0.3 is 5.73 Å². The fourth-order valence-electron chi connectivity index (χ4n) is 1.95. The smallest absolute Gasteiger partial charge is 0.184 e. The second-order valence-corrected chi connectivity index (χ2v) is 6.52. The van der Waals surface area contributed by atoms with Crippen LogP contribution >= 0.6 is 0 Å². The Balaban J connectivity index is 2.41. The van der Waals surface area contributed by atoms with Crippen molar-refractivity contribution in [3.05, 3.63) is 59.2 Å². The maximum atomic E-state index is 12.4. The van der Waals surface area contributed by atoms with E-state index in [9.17, 15) is 8.42 Å². The molecule has 0 aliphatic heterocycles. The first-order chi connectivity index (χ1) is 9.44. The highest BCUT2D eigenvalue weighted by molar-refractivity contribution is 7.90. The van der Waals surface area contributed by atoms with Crippen molar-refractivity contribution < 1.29 is 8.42 Å². The normalized spacial score (nSPS) is 11.0. The molecule has 2 aromatic carbocycles. The quantitative estimate of drug-likeness (QED) is 0.878. The van der Waals surface area contributed by atoms with Crippen molar-refractivity contribution >= 4 is 15.5 Å². The summed E-state index contributed by atoms with van der Waals surface area (Å²) in [5.41, 5.74) is 7.88. The van der Waals surface area contributed by atoms with Gasteiger partial charge in [0, 0.05) is 0 Å². The van der Waals surface area contributed by atoms with E-state index >= 15 is 0 Å². The van der Waals surface area contributed by atoms with Crippen molar-refractivity contribution in [2.45, 2.75) is 17.6 Å². The minimum Gasteiger partial charge on any atom is -0.397 e. The van der Waals surface area contributed by atoms with Gasteiger partial charge in [0.25, 0.3) is 0 Å². The van der Waals surface area contributed by atoms with E-state index in [1.807, 2.05) is 6.07 Å².